The third-order valence-electron chi connectivity index (χ3n) is 4.12. The minimum absolute atomic E-state index is 0.0898. The number of nitrogens with zero attached hydrogens (tertiary/aromatic N) is 3. The maximum Gasteiger partial charge on any atom is 0.387 e. The summed E-state index contributed by atoms with van der Waals surface area (Å²) in [5.74, 6) is -0.0927. The molecule has 0 radical (unpaired) electrons. The number of halogens is 2. The van der Waals surface area contributed by atoms with Crippen LogP contribution in [0.15, 0.2) is 41.2 Å². The van der Waals surface area contributed by atoms with Crippen molar-refractivity contribution in [3.63, 3.8) is 0 Å². The van der Waals surface area contributed by atoms with Crippen molar-refractivity contribution in [2.24, 2.45) is 0 Å². The van der Waals surface area contributed by atoms with E-state index in [9.17, 15) is 23.6 Å². The zero-order valence-corrected chi connectivity index (χ0v) is 14.5. The van der Waals surface area contributed by atoms with Gasteiger partial charge in [0.2, 0.25) is 0 Å². The molecule has 8 heteroatoms. The summed E-state index contributed by atoms with van der Waals surface area (Å²) >= 11 is 0. The van der Waals surface area contributed by atoms with Gasteiger partial charge in [-0.2, -0.15) is 14.0 Å². The van der Waals surface area contributed by atoms with Crippen molar-refractivity contribution in [2.45, 2.75) is 26.5 Å². The van der Waals surface area contributed by atoms with Gasteiger partial charge in [-0.05, 0) is 38.1 Å². The number of alkyl halides is 2. The van der Waals surface area contributed by atoms with E-state index in [4.69, 9.17) is 0 Å². The van der Waals surface area contributed by atoms with Crippen LogP contribution in [0.2, 0.25) is 0 Å². The number of imidazole rings is 1. The summed E-state index contributed by atoms with van der Waals surface area (Å²) in [6.45, 7) is 0.557. The zero-order chi connectivity index (χ0) is 19.7. The lowest BCUT2D eigenvalue weighted by Crippen LogP contribution is -2.24. The first-order chi connectivity index (χ1) is 12.9. The molecular weight excluding hydrogens is 356 g/mol. The Labute approximate surface area is 152 Å². The van der Waals surface area contributed by atoms with Gasteiger partial charge in [0.15, 0.2) is 6.29 Å². The maximum absolute atomic E-state index is 13.1. The number of rotatable bonds is 5. The largest absolute Gasteiger partial charge is 0.435 e. The highest BCUT2D eigenvalue weighted by molar-refractivity contribution is 5.93. The average molecular weight is 371 g/mol. The van der Waals surface area contributed by atoms with Gasteiger partial charge in [-0.1, -0.05) is 6.07 Å². The maximum atomic E-state index is 13.1. The molecule has 3 aromatic rings. The van der Waals surface area contributed by atoms with Gasteiger partial charge in [-0.25, -0.2) is 4.79 Å². The first-order valence-electron chi connectivity index (χ1n) is 8.09. The standard InChI is InChI=1S/C19H15F2N3O3/c1-11(2)23-17-15(9-22)12(10-25)6-7-16(17)24(19(23)26)13-4-3-5-14(8-13)27-18(20)21/h3-8,10-11,18H,1-2H3. The Morgan fingerprint density at radius 1 is 1.22 bits per heavy atom. The number of ether oxygens (including phenoxy) is 1. The molecule has 0 saturated heterocycles. The molecule has 138 valence electrons. The number of aldehydes is 1. The van der Waals surface area contributed by atoms with Crippen LogP contribution in [-0.4, -0.2) is 22.0 Å². The molecule has 6 nitrogen and oxygen atoms in total. The summed E-state index contributed by atoms with van der Waals surface area (Å²) in [7, 11) is 0. The monoisotopic (exact) mass is 371 g/mol. The van der Waals surface area contributed by atoms with E-state index in [2.05, 4.69) is 4.74 Å². The second-order valence-corrected chi connectivity index (χ2v) is 6.08. The van der Waals surface area contributed by atoms with E-state index in [0.717, 1.165) is 0 Å². The number of carbonyl (C=O) groups is 1. The summed E-state index contributed by atoms with van der Waals surface area (Å²) in [4.78, 5) is 24.4. The summed E-state index contributed by atoms with van der Waals surface area (Å²) in [6, 6.07) is 10.4. The molecule has 27 heavy (non-hydrogen) atoms. The molecule has 0 aliphatic heterocycles. The topological polar surface area (TPSA) is 77.0 Å². The number of benzene rings is 2. The van der Waals surface area contributed by atoms with Crippen LogP contribution in [0.1, 0.15) is 35.8 Å². The number of hydrogen-bond acceptors (Lipinski definition) is 4. The second-order valence-electron chi connectivity index (χ2n) is 6.08. The van der Waals surface area contributed by atoms with Crippen molar-refractivity contribution in [3.8, 4) is 17.5 Å². The van der Waals surface area contributed by atoms with Gasteiger partial charge in [0.1, 0.15) is 11.8 Å². The van der Waals surface area contributed by atoms with Crippen molar-refractivity contribution >= 4 is 17.3 Å². The smallest absolute Gasteiger partial charge is 0.387 e. The summed E-state index contributed by atoms with van der Waals surface area (Å²) in [5.41, 5.74) is 0.838. The SMILES string of the molecule is CC(C)n1c(=O)n(-c2cccc(OC(F)F)c2)c2ccc(C=O)c(C#N)c21. The fourth-order valence-corrected chi connectivity index (χ4v) is 3.07. The third kappa shape index (κ3) is 3.08. The van der Waals surface area contributed by atoms with Crippen LogP contribution in [0.3, 0.4) is 0 Å². The Bertz CT molecular complexity index is 1120. The molecule has 0 aliphatic carbocycles. The first kappa shape index (κ1) is 18.3. The highest BCUT2D eigenvalue weighted by atomic mass is 19.3. The molecule has 3 rings (SSSR count). The molecule has 0 fully saturated rings. The van der Waals surface area contributed by atoms with E-state index < -0.39 is 12.3 Å². The number of carbonyl (C=O) groups excluding carboxylic acids is 1. The van der Waals surface area contributed by atoms with Crippen molar-refractivity contribution in [2.75, 3.05) is 0 Å². The lowest BCUT2D eigenvalue weighted by atomic mass is 10.1. The van der Waals surface area contributed by atoms with E-state index in [-0.39, 0.29) is 22.9 Å². The van der Waals surface area contributed by atoms with Gasteiger partial charge in [-0.15, -0.1) is 0 Å². The Morgan fingerprint density at radius 2 is 1.96 bits per heavy atom. The Kier molecular flexibility index (Phi) is 4.77. The van der Waals surface area contributed by atoms with Crippen molar-refractivity contribution in [1.82, 2.24) is 9.13 Å². The van der Waals surface area contributed by atoms with E-state index in [1.54, 1.807) is 26.0 Å². The molecule has 1 heterocycles. The van der Waals surface area contributed by atoms with Gasteiger partial charge < -0.3 is 4.74 Å². The highest BCUT2D eigenvalue weighted by Crippen LogP contribution is 2.27. The first-order valence-corrected chi connectivity index (χ1v) is 8.09. The molecule has 2 aromatic carbocycles. The molecule has 0 saturated carbocycles. The number of hydrogen-bond donors (Lipinski definition) is 0. The predicted molar refractivity (Wildman–Crippen MR) is 94.7 cm³/mol. The summed E-state index contributed by atoms with van der Waals surface area (Å²) < 4.78 is 32.2. The predicted octanol–water partition coefficient (Wildman–Crippen LogP) is 3.66. The van der Waals surface area contributed by atoms with Gasteiger partial charge in [0.25, 0.3) is 0 Å². The van der Waals surface area contributed by atoms with E-state index in [1.807, 2.05) is 6.07 Å². The molecule has 0 spiro atoms. The second kappa shape index (κ2) is 7.03. The fraction of sp³-hybridized carbons (Fsp3) is 0.211. The molecule has 0 unspecified atom stereocenters. The highest BCUT2D eigenvalue weighted by Gasteiger charge is 2.21. The lowest BCUT2D eigenvalue weighted by molar-refractivity contribution is -0.0498. The number of nitriles is 1. The lowest BCUT2D eigenvalue weighted by Gasteiger charge is -2.08. The van der Waals surface area contributed by atoms with Gasteiger partial charge in [-0.3, -0.25) is 13.9 Å². The number of aromatic nitrogens is 2. The van der Waals surface area contributed by atoms with Crippen LogP contribution < -0.4 is 10.4 Å². The molecule has 0 atom stereocenters. The molecule has 1 aromatic heterocycles. The van der Waals surface area contributed by atoms with Crippen LogP contribution in [0, 0.1) is 11.3 Å². The fourth-order valence-electron chi connectivity index (χ4n) is 3.07. The Morgan fingerprint density at radius 3 is 2.56 bits per heavy atom. The summed E-state index contributed by atoms with van der Waals surface area (Å²) in [6.07, 6.45) is 0.557. The van der Waals surface area contributed by atoms with Gasteiger partial charge in [0.05, 0.1) is 22.3 Å². The molecule has 0 aliphatic rings. The van der Waals surface area contributed by atoms with E-state index in [0.29, 0.717) is 23.0 Å². The van der Waals surface area contributed by atoms with Crippen LogP contribution >= 0.6 is 0 Å². The third-order valence-corrected chi connectivity index (χ3v) is 4.12. The Hall–Kier alpha value is -3.47. The van der Waals surface area contributed by atoms with Crippen LogP contribution in [0.25, 0.3) is 16.7 Å². The van der Waals surface area contributed by atoms with Crippen molar-refractivity contribution in [1.29, 1.82) is 5.26 Å². The molecule has 0 bridgehead atoms. The minimum atomic E-state index is -2.99. The zero-order valence-electron chi connectivity index (χ0n) is 14.5. The summed E-state index contributed by atoms with van der Waals surface area (Å²) in [5, 5.41) is 9.53. The van der Waals surface area contributed by atoms with E-state index in [1.165, 1.54) is 33.4 Å². The normalized spacial score (nSPS) is 11.1. The molecular formula is C19H15F2N3O3. The Balaban J connectivity index is 2.39. The van der Waals surface area contributed by atoms with Crippen LogP contribution in [0.4, 0.5) is 8.78 Å². The van der Waals surface area contributed by atoms with Gasteiger partial charge >= 0.3 is 12.3 Å². The number of fused-ring (bicyclic) bond motifs is 1. The quantitative estimate of drug-likeness (QED) is 0.642. The van der Waals surface area contributed by atoms with E-state index >= 15 is 0 Å². The van der Waals surface area contributed by atoms with Crippen molar-refractivity contribution < 1.29 is 18.3 Å². The van der Waals surface area contributed by atoms with Crippen LogP contribution in [-0.2, 0) is 0 Å². The average Bonchev–Trinajstić information content (AvgIpc) is 2.92. The minimum Gasteiger partial charge on any atom is -0.435 e. The molecule has 0 N–H and O–H groups in total. The van der Waals surface area contributed by atoms with Gasteiger partial charge in [0, 0.05) is 17.7 Å². The van der Waals surface area contributed by atoms with Crippen LogP contribution in [0.5, 0.6) is 5.75 Å². The van der Waals surface area contributed by atoms with Crippen molar-refractivity contribution in [3.05, 3.63) is 58.0 Å². The molecule has 0 amide bonds.